The maximum absolute atomic E-state index is 12.5. The van der Waals surface area contributed by atoms with E-state index in [0.717, 1.165) is 42.1 Å². The number of hydrogen-bond acceptors (Lipinski definition) is 4. The second-order valence-electron chi connectivity index (χ2n) is 7.73. The van der Waals surface area contributed by atoms with Crippen molar-refractivity contribution in [2.75, 3.05) is 13.3 Å². The van der Waals surface area contributed by atoms with Crippen LogP contribution in [0.5, 0.6) is 11.5 Å². The number of pyridine rings is 1. The fourth-order valence-electron chi connectivity index (χ4n) is 3.95. The fourth-order valence-corrected chi connectivity index (χ4v) is 3.95. The number of nitrogens with zero attached hydrogens (tertiary/aromatic N) is 2. The predicted octanol–water partition coefficient (Wildman–Crippen LogP) is 3.49. The first-order chi connectivity index (χ1) is 12.5. The van der Waals surface area contributed by atoms with Gasteiger partial charge in [-0.2, -0.15) is 0 Å². The molecule has 2 aliphatic rings. The minimum absolute atomic E-state index is 0.0592. The summed E-state index contributed by atoms with van der Waals surface area (Å²) in [7, 11) is 0. The van der Waals surface area contributed by atoms with Crippen molar-refractivity contribution >= 4 is 5.91 Å². The average Bonchev–Trinajstić information content (AvgIpc) is 3.06. The molecule has 26 heavy (non-hydrogen) atoms. The summed E-state index contributed by atoms with van der Waals surface area (Å²) in [4.78, 5) is 18.7. The van der Waals surface area contributed by atoms with E-state index < -0.39 is 0 Å². The molecular weight excluding hydrogens is 328 g/mol. The topological polar surface area (TPSA) is 51.7 Å². The maximum atomic E-state index is 12.5. The summed E-state index contributed by atoms with van der Waals surface area (Å²) in [6, 6.07) is 10.2. The molecule has 5 heteroatoms. The number of aryl methyl sites for hydroxylation is 1. The van der Waals surface area contributed by atoms with E-state index in [1.54, 1.807) is 0 Å². The van der Waals surface area contributed by atoms with Crippen LogP contribution in [0.3, 0.4) is 0 Å². The lowest BCUT2D eigenvalue weighted by Crippen LogP contribution is -2.45. The van der Waals surface area contributed by atoms with E-state index >= 15 is 0 Å². The monoisotopic (exact) mass is 352 g/mol. The van der Waals surface area contributed by atoms with Gasteiger partial charge in [0.1, 0.15) is 0 Å². The van der Waals surface area contributed by atoms with E-state index in [1.165, 1.54) is 5.56 Å². The van der Waals surface area contributed by atoms with Crippen LogP contribution in [0.1, 0.15) is 36.6 Å². The van der Waals surface area contributed by atoms with Crippen LogP contribution >= 0.6 is 0 Å². The normalized spacial score (nSPS) is 21.9. The van der Waals surface area contributed by atoms with Crippen molar-refractivity contribution in [2.24, 2.45) is 5.41 Å². The summed E-state index contributed by atoms with van der Waals surface area (Å²) >= 11 is 0. The second kappa shape index (κ2) is 6.63. The summed E-state index contributed by atoms with van der Waals surface area (Å²) in [5.41, 5.74) is 3.41. The van der Waals surface area contributed by atoms with Crippen molar-refractivity contribution in [1.82, 2.24) is 9.88 Å². The summed E-state index contributed by atoms with van der Waals surface area (Å²) < 4.78 is 10.9. The van der Waals surface area contributed by atoms with Gasteiger partial charge in [0.25, 0.3) is 0 Å². The molecule has 0 bridgehead atoms. The van der Waals surface area contributed by atoms with Crippen molar-refractivity contribution in [1.29, 1.82) is 0 Å². The molecular formula is C21H24N2O3. The molecule has 1 atom stereocenters. The summed E-state index contributed by atoms with van der Waals surface area (Å²) in [6.45, 7) is 5.96. The number of hydrogen-bond donors (Lipinski definition) is 0. The van der Waals surface area contributed by atoms with Crippen LogP contribution in [-0.2, 0) is 17.8 Å². The molecule has 0 N–H and O–H groups in total. The molecule has 0 radical (unpaired) electrons. The Morgan fingerprint density at radius 3 is 2.85 bits per heavy atom. The third-order valence-corrected chi connectivity index (χ3v) is 5.27. The van der Waals surface area contributed by atoms with Gasteiger partial charge in [-0.3, -0.25) is 9.78 Å². The molecule has 0 unspecified atom stereocenters. The molecule has 1 saturated heterocycles. The third-order valence-electron chi connectivity index (χ3n) is 5.27. The van der Waals surface area contributed by atoms with Gasteiger partial charge in [-0.15, -0.1) is 0 Å². The van der Waals surface area contributed by atoms with Crippen LogP contribution in [0.2, 0.25) is 0 Å². The van der Waals surface area contributed by atoms with Gasteiger partial charge in [0.15, 0.2) is 11.5 Å². The SMILES string of the molecule is Cc1cc(CN2C[C@@](C)(Cc3ccc4c(c3)OCO4)CCC2=O)ccn1. The van der Waals surface area contributed by atoms with Crippen LogP contribution in [-0.4, -0.2) is 29.1 Å². The Hall–Kier alpha value is -2.56. The van der Waals surface area contributed by atoms with Gasteiger partial charge < -0.3 is 14.4 Å². The van der Waals surface area contributed by atoms with Crippen molar-refractivity contribution in [2.45, 2.75) is 39.7 Å². The number of benzene rings is 1. The van der Waals surface area contributed by atoms with Crippen LogP contribution in [0.4, 0.5) is 0 Å². The predicted molar refractivity (Wildman–Crippen MR) is 98.0 cm³/mol. The lowest BCUT2D eigenvalue weighted by Gasteiger charge is -2.40. The Bertz CT molecular complexity index is 836. The van der Waals surface area contributed by atoms with Crippen molar-refractivity contribution in [3.05, 3.63) is 53.3 Å². The largest absolute Gasteiger partial charge is 0.454 e. The smallest absolute Gasteiger partial charge is 0.231 e. The van der Waals surface area contributed by atoms with Gasteiger partial charge >= 0.3 is 0 Å². The van der Waals surface area contributed by atoms with Crippen molar-refractivity contribution < 1.29 is 14.3 Å². The van der Waals surface area contributed by atoms with E-state index in [2.05, 4.69) is 30.1 Å². The zero-order valence-corrected chi connectivity index (χ0v) is 15.3. The molecule has 1 fully saturated rings. The first kappa shape index (κ1) is 16.9. The summed E-state index contributed by atoms with van der Waals surface area (Å²) in [5.74, 6) is 1.87. The van der Waals surface area contributed by atoms with Gasteiger partial charge in [0.05, 0.1) is 0 Å². The van der Waals surface area contributed by atoms with E-state index in [0.29, 0.717) is 19.8 Å². The third kappa shape index (κ3) is 3.52. The highest BCUT2D eigenvalue weighted by Crippen LogP contribution is 2.38. The van der Waals surface area contributed by atoms with Crippen LogP contribution in [0.25, 0.3) is 0 Å². The Balaban J connectivity index is 1.48. The van der Waals surface area contributed by atoms with Crippen LogP contribution in [0.15, 0.2) is 36.5 Å². The molecule has 5 nitrogen and oxygen atoms in total. The zero-order chi connectivity index (χ0) is 18.1. The molecule has 1 aromatic heterocycles. The highest BCUT2D eigenvalue weighted by atomic mass is 16.7. The number of ether oxygens (including phenoxy) is 2. The standard InChI is InChI=1S/C21H24N2O3/c1-15-9-17(6-8-22-15)12-23-13-21(2,7-5-20(23)24)11-16-3-4-18-19(10-16)26-14-25-18/h3-4,6,8-10H,5,7,11-14H2,1-2H3/t21-/m1/s1. The molecule has 136 valence electrons. The number of carbonyl (C=O) groups is 1. The first-order valence-electron chi connectivity index (χ1n) is 9.09. The van der Waals surface area contributed by atoms with Crippen molar-refractivity contribution in [3.8, 4) is 11.5 Å². The van der Waals surface area contributed by atoms with E-state index in [9.17, 15) is 4.79 Å². The summed E-state index contributed by atoms with van der Waals surface area (Å²) in [5, 5.41) is 0. The molecule has 2 aliphatic heterocycles. The van der Waals surface area contributed by atoms with E-state index in [-0.39, 0.29) is 11.3 Å². The molecule has 0 spiro atoms. The Morgan fingerprint density at radius 1 is 1.15 bits per heavy atom. The van der Waals surface area contributed by atoms with Crippen molar-refractivity contribution in [3.63, 3.8) is 0 Å². The number of amides is 1. The number of piperidine rings is 1. The first-order valence-corrected chi connectivity index (χ1v) is 9.09. The lowest BCUT2D eigenvalue weighted by atomic mass is 9.76. The molecule has 1 aromatic carbocycles. The Morgan fingerprint density at radius 2 is 2.00 bits per heavy atom. The van der Waals surface area contributed by atoms with Gasteiger partial charge in [0, 0.05) is 31.4 Å². The number of aromatic nitrogens is 1. The molecule has 3 heterocycles. The van der Waals surface area contributed by atoms with Gasteiger partial charge in [-0.1, -0.05) is 13.0 Å². The molecule has 0 saturated carbocycles. The quantitative estimate of drug-likeness (QED) is 0.845. The zero-order valence-electron chi connectivity index (χ0n) is 15.3. The number of likely N-dealkylation sites (tertiary alicyclic amines) is 1. The lowest BCUT2D eigenvalue weighted by molar-refractivity contribution is -0.137. The van der Waals surface area contributed by atoms with Crippen LogP contribution in [0, 0.1) is 12.3 Å². The van der Waals surface area contributed by atoms with Crippen LogP contribution < -0.4 is 9.47 Å². The molecule has 0 aliphatic carbocycles. The van der Waals surface area contributed by atoms with E-state index in [4.69, 9.17) is 9.47 Å². The average molecular weight is 352 g/mol. The highest BCUT2D eigenvalue weighted by molar-refractivity contribution is 5.77. The number of fused-ring (bicyclic) bond motifs is 1. The molecule has 2 aromatic rings. The summed E-state index contributed by atoms with van der Waals surface area (Å²) in [6.07, 6.45) is 4.24. The molecule has 1 amide bonds. The number of rotatable bonds is 4. The highest BCUT2D eigenvalue weighted by Gasteiger charge is 2.35. The Labute approximate surface area is 153 Å². The molecule has 4 rings (SSSR count). The van der Waals surface area contributed by atoms with Gasteiger partial charge in [-0.05, 0) is 60.6 Å². The van der Waals surface area contributed by atoms with Gasteiger partial charge in [0.2, 0.25) is 12.7 Å². The minimum atomic E-state index is 0.0592. The van der Waals surface area contributed by atoms with E-state index in [1.807, 2.05) is 30.2 Å². The maximum Gasteiger partial charge on any atom is 0.231 e. The fraction of sp³-hybridized carbons (Fsp3) is 0.429. The minimum Gasteiger partial charge on any atom is -0.454 e. The number of carbonyl (C=O) groups excluding carboxylic acids is 1. The van der Waals surface area contributed by atoms with Gasteiger partial charge in [-0.25, -0.2) is 0 Å². The second-order valence-corrected chi connectivity index (χ2v) is 7.73. The Kier molecular flexibility index (Phi) is 4.31.